The van der Waals surface area contributed by atoms with Gasteiger partial charge in [0.1, 0.15) is 11.3 Å². The molecule has 1 amide bonds. The van der Waals surface area contributed by atoms with E-state index in [0.717, 1.165) is 50.2 Å². The van der Waals surface area contributed by atoms with Gasteiger partial charge in [-0.25, -0.2) is 4.79 Å². The Hall–Kier alpha value is -1.30. The van der Waals surface area contributed by atoms with E-state index in [9.17, 15) is 4.79 Å². The highest BCUT2D eigenvalue weighted by Gasteiger charge is 2.42. The lowest BCUT2D eigenvalue weighted by Crippen LogP contribution is -2.60. The number of rotatable bonds is 4. The normalized spacial score (nSPS) is 26.4. The van der Waals surface area contributed by atoms with E-state index in [4.69, 9.17) is 21.1 Å². The molecule has 5 nitrogen and oxygen atoms in total. The third kappa shape index (κ3) is 5.65. The molecule has 1 saturated heterocycles. The zero-order valence-corrected chi connectivity index (χ0v) is 19.0. The predicted molar refractivity (Wildman–Crippen MR) is 116 cm³/mol. The summed E-state index contributed by atoms with van der Waals surface area (Å²) in [7, 11) is 1.83. The summed E-state index contributed by atoms with van der Waals surface area (Å²) >= 11 is 6.35. The van der Waals surface area contributed by atoms with Gasteiger partial charge in [0.2, 0.25) is 0 Å². The number of ether oxygens (including phenoxy) is 2. The summed E-state index contributed by atoms with van der Waals surface area (Å²) in [6.07, 6.45) is 5.12. The van der Waals surface area contributed by atoms with Gasteiger partial charge in [-0.05, 0) is 70.4 Å². The zero-order valence-electron chi connectivity index (χ0n) is 18.2. The molecule has 29 heavy (non-hydrogen) atoms. The summed E-state index contributed by atoms with van der Waals surface area (Å²) in [5.74, 6) is 0.640. The molecule has 0 N–H and O–H groups in total. The maximum absolute atomic E-state index is 12.3. The van der Waals surface area contributed by atoms with E-state index in [1.54, 1.807) is 0 Å². The van der Waals surface area contributed by atoms with Crippen LogP contribution in [0.1, 0.15) is 52.0 Å². The van der Waals surface area contributed by atoms with Gasteiger partial charge < -0.3 is 14.4 Å². The minimum atomic E-state index is -0.456. The van der Waals surface area contributed by atoms with E-state index in [1.165, 1.54) is 5.56 Å². The van der Waals surface area contributed by atoms with Gasteiger partial charge in [-0.15, -0.1) is 0 Å². The van der Waals surface area contributed by atoms with Crippen molar-refractivity contribution in [3.63, 3.8) is 0 Å². The molecule has 2 aliphatic rings. The molecule has 6 heteroatoms. The number of hydrogen-bond donors (Lipinski definition) is 0. The Morgan fingerprint density at radius 2 is 1.76 bits per heavy atom. The molecular weight excluding hydrogens is 388 g/mol. The molecule has 1 aromatic carbocycles. The van der Waals surface area contributed by atoms with Crippen LogP contribution in [0.2, 0.25) is 5.02 Å². The minimum absolute atomic E-state index is 0.211. The Morgan fingerprint density at radius 3 is 2.31 bits per heavy atom. The maximum atomic E-state index is 12.3. The lowest BCUT2D eigenvalue weighted by molar-refractivity contribution is -0.171. The third-order valence-electron chi connectivity index (χ3n) is 6.24. The van der Waals surface area contributed by atoms with Crippen LogP contribution in [0.25, 0.3) is 0 Å². The van der Waals surface area contributed by atoms with Crippen LogP contribution in [-0.2, 0) is 15.9 Å². The van der Waals surface area contributed by atoms with Gasteiger partial charge in [0, 0.05) is 38.3 Å². The van der Waals surface area contributed by atoms with Crippen molar-refractivity contribution >= 4 is 17.7 Å². The van der Waals surface area contributed by atoms with Crippen molar-refractivity contribution in [1.82, 2.24) is 9.80 Å². The predicted octanol–water partition coefficient (Wildman–Crippen LogP) is 4.97. The third-order valence-corrected chi connectivity index (χ3v) is 6.61. The fourth-order valence-electron chi connectivity index (χ4n) is 4.58. The summed E-state index contributed by atoms with van der Waals surface area (Å²) in [5, 5.41) is 0.870. The minimum Gasteiger partial charge on any atom is -0.444 e. The first kappa shape index (κ1) is 22.4. The Labute approximate surface area is 180 Å². The molecule has 1 aliphatic heterocycles. The van der Waals surface area contributed by atoms with Gasteiger partial charge in [-0.1, -0.05) is 29.8 Å². The molecule has 0 spiro atoms. The second kappa shape index (κ2) is 9.23. The molecule has 0 bridgehead atoms. The highest BCUT2D eigenvalue weighted by atomic mass is 35.5. The van der Waals surface area contributed by atoms with Crippen molar-refractivity contribution in [2.45, 2.75) is 64.2 Å². The number of halogens is 1. The number of methoxy groups -OCH3 is 1. The van der Waals surface area contributed by atoms with Crippen LogP contribution >= 0.6 is 11.6 Å². The largest absolute Gasteiger partial charge is 0.444 e. The van der Waals surface area contributed by atoms with Crippen LogP contribution in [0.3, 0.4) is 0 Å². The Kier molecular flexibility index (Phi) is 7.13. The van der Waals surface area contributed by atoms with Crippen molar-refractivity contribution in [2.24, 2.45) is 5.92 Å². The first-order chi connectivity index (χ1) is 13.7. The fourth-order valence-corrected chi connectivity index (χ4v) is 4.79. The smallest absolute Gasteiger partial charge is 0.410 e. The van der Waals surface area contributed by atoms with E-state index in [0.29, 0.717) is 19.0 Å². The quantitative estimate of drug-likeness (QED) is 0.687. The molecule has 1 aliphatic carbocycles. The molecule has 0 unspecified atom stereocenters. The molecule has 0 aromatic heterocycles. The summed E-state index contributed by atoms with van der Waals surface area (Å²) in [6.45, 7) is 8.73. The number of carbonyl (C=O) groups is 1. The van der Waals surface area contributed by atoms with Crippen LogP contribution in [0, 0.1) is 5.92 Å². The highest BCUT2D eigenvalue weighted by molar-refractivity contribution is 6.31. The van der Waals surface area contributed by atoms with E-state index in [1.807, 2.05) is 44.9 Å². The van der Waals surface area contributed by atoms with Gasteiger partial charge in [0.25, 0.3) is 0 Å². The van der Waals surface area contributed by atoms with Gasteiger partial charge in [0.15, 0.2) is 0 Å². The van der Waals surface area contributed by atoms with Gasteiger partial charge in [-0.2, -0.15) is 0 Å². The molecule has 162 valence electrons. The lowest BCUT2D eigenvalue weighted by atomic mass is 9.79. The molecule has 0 radical (unpaired) electrons. The van der Waals surface area contributed by atoms with Gasteiger partial charge in [-0.3, -0.25) is 4.90 Å². The molecule has 1 saturated carbocycles. The SMILES string of the molecule is COC1(N2CCN(C(=O)OC(C)(C)C)CC2)CCC(Cc2ccccc2Cl)CC1. The van der Waals surface area contributed by atoms with E-state index >= 15 is 0 Å². The Morgan fingerprint density at radius 1 is 1.14 bits per heavy atom. The van der Waals surface area contributed by atoms with Crippen molar-refractivity contribution in [3.05, 3.63) is 34.9 Å². The molecule has 1 aromatic rings. The van der Waals surface area contributed by atoms with Crippen molar-refractivity contribution in [2.75, 3.05) is 33.3 Å². The summed E-state index contributed by atoms with van der Waals surface area (Å²) < 4.78 is 11.6. The number of nitrogens with zero attached hydrogens (tertiary/aromatic N) is 2. The topological polar surface area (TPSA) is 42.0 Å². The first-order valence-corrected chi connectivity index (χ1v) is 11.1. The van der Waals surface area contributed by atoms with E-state index in [-0.39, 0.29) is 11.8 Å². The first-order valence-electron chi connectivity index (χ1n) is 10.7. The molecular formula is C23H35ClN2O3. The maximum Gasteiger partial charge on any atom is 0.410 e. The van der Waals surface area contributed by atoms with E-state index in [2.05, 4.69) is 17.0 Å². The summed E-state index contributed by atoms with van der Waals surface area (Å²) in [4.78, 5) is 16.6. The second-order valence-corrected chi connectivity index (χ2v) is 9.75. The summed E-state index contributed by atoms with van der Waals surface area (Å²) in [6, 6.07) is 8.16. The summed E-state index contributed by atoms with van der Waals surface area (Å²) in [5.41, 5.74) is 0.578. The monoisotopic (exact) mass is 422 g/mol. The Balaban J connectivity index is 1.53. The van der Waals surface area contributed by atoms with Crippen molar-refractivity contribution < 1.29 is 14.3 Å². The van der Waals surface area contributed by atoms with Crippen molar-refractivity contribution in [1.29, 1.82) is 0 Å². The number of hydrogen-bond acceptors (Lipinski definition) is 4. The molecule has 2 fully saturated rings. The number of amides is 1. The van der Waals surface area contributed by atoms with Crippen LogP contribution < -0.4 is 0 Å². The van der Waals surface area contributed by atoms with Gasteiger partial charge >= 0.3 is 6.09 Å². The van der Waals surface area contributed by atoms with Crippen LogP contribution in [0.15, 0.2) is 24.3 Å². The fraction of sp³-hybridized carbons (Fsp3) is 0.696. The number of benzene rings is 1. The highest BCUT2D eigenvalue weighted by Crippen LogP contribution is 2.39. The average molecular weight is 423 g/mol. The Bertz CT molecular complexity index is 688. The van der Waals surface area contributed by atoms with E-state index < -0.39 is 5.60 Å². The van der Waals surface area contributed by atoms with Crippen LogP contribution in [0.4, 0.5) is 4.79 Å². The standard InChI is InChI=1S/C23H35ClN2O3/c1-22(2,3)29-21(27)25-13-15-26(16-14-25)23(28-4)11-9-18(10-12-23)17-19-7-5-6-8-20(19)24/h5-8,18H,9-17H2,1-4H3. The number of piperazine rings is 1. The number of carbonyl (C=O) groups excluding carboxylic acids is 1. The average Bonchev–Trinajstić information content (AvgIpc) is 2.69. The second-order valence-electron chi connectivity index (χ2n) is 9.34. The molecule has 1 heterocycles. The van der Waals surface area contributed by atoms with Crippen LogP contribution in [0.5, 0.6) is 0 Å². The van der Waals surface area contributed by atoms with Gasteiger partial charge in [0.05, 0.1) is 0 Å². The molecule has 3 rings (SSSR count). The van der Waals surface area contributed by atoms with Crippen molar-refractivity contribution in [3.8, 4) is 0 Å². The lowest BCUT2D eigenvalue weighted by Gasteiger charge is -2.49. The zero-order chi connectivity index (χ0) is 21.1. The molecule has 0 atom stereocenters. The van der Waals surface area contributed by atoms with Crippen LogP contribution in [-0.4, -0.2) is 60.5 Å².